The molecule has 2 atom stereocenters. The fourth-order valence-corrected chi connectivity index (χ4v) is 2.29. The number of pyridine rings is 1. The normalized spacial score (nSPS) is 21.9. The number of nitrogens with zero attached hydrogens (tertiary/aromatic N) is 1. The van der Waals surface area contributed by atoms with E-state index in [0.29, 0.717) is 5.69 Å². The van der Waals surface area contributed by atoms with E-state index in [2.05, 4.69) is 9.72 Å². The van der Waals surface area contributed by atoms with Crippen LogP contribution in [-0.2, 0) is 9.53 Å². The van der Waals surface area contributed by atoms with Gasteiger partial charge in [0.1, 0.15) is 11.6 Å². The van der Waals surface area contributed by atoms with Gasteiger partial charge in [-0.05, 0) is 19.1 Å². The third kappa shape index (κ3) is 2.57. The number of carbonyl (C=O) groups excluding carboxylic acids is 2. The molecule has 0 bridgehead atoms. The first-order chi connectivity index (χ1) is 9.43. The van der Waals surface area contributed by atoms with Gasteiger partial charge in [0, 0.05) is 18.7 Å². The predicted molar refractivity (Wildman–Crippen MR) is 69.3 cm³/mol. The Morgan fingerprint density at radius 2 is 2.15 bits per heavy atom. The van der Waals surface area contributed by atoms with E-state index in [4.69, 9.17) is 0 Å². The number of hydrogen-bond acceptors (Lipinski definition) is 5. The molecular weight excluding hydrogens is 264 g/mol. The second kappa shape index (κ2) is 5.46. The zero-order valence-electron chi connectivity index (χ0n) is 11.3. The van der Waals surface area contributed by atoms with Gasteiger partial charge >= 0.3 is 5.97 Å². The largest absolute Gasteiger partial charge is 0.467 e. The van der Waals surface area contributed by atoms with E-state index in [1.165, 1.54) is 18.1 Å². The Hall–Kier alpha value is -2.15. The number of likely N-dealkylation sites (tertiary alicyclic amines) is 1. The van der Waals surface area contributed by atoms with Crippen LogP contribution in [0.2, 0.25) is 0 Å². The van der Waals surface area contributed by atoms with E-state index < -0.39 is 29.6 Å². The van der Waals surface area contributed by atoms with Crippen molar-refractivity contribution in [2.24, 2.45) is 0 Å². The van der Waals surface area contributed by atoms with Gasteiger partial charge in [-0.1, -0.05) is 0 Å². The molecule has 0 aliphatic carbocycles. The van der Waals surface area contributed by atoms with E-state index in [1.54, 1.807) is 13.0 Å². The standard InChI is InChI=1S/C13H16N2O5/c1-7-3-4-9(11(17)14-7)12(18)15-6-8(16)5-10(15)13(19)20-2/h3-4,8,10,16H,5-6H2,1-2H3,(H,14,17). The number of rotatable bonds is 2. The SMILES string of the molecule is COC(=O)C1CC(O)CN1C(=O)c1ccc(C)[nH]c1=O. The van der Waals surface area contributed by atoms with E-state index in [-0.39, 0.29) is 18.5 Å². The summed E-state index contributed by atoms with van der Waals surface area (Å²) in [6, 6.07) is 2.16. The van der Waals surface area contributed by atoms with Gasteiger partial charge in [0.2, 0.25) is 0 Å². The second-order valence-electron chi connectivity index (χ2n) is 4.77. The molecule has 0 saturated carbocycles. The number of β-amino-alcohol motifs (C(OH)–C–C–N with tert-alkyl or cyclic N) is 1. The molecule has 2 unspecified atom stereocenters. The zero-order chi connectivity index (χ0) is 14.9. The van der Waals surface area contributed by atoms with Crippen molar-refractivity contribution in [2.75, 3.05) is 13.7 Å². The van der Waals surface area contributed by atoms with Gasteiger partial charge in [-0.25, -0.2) is 4.79 Å². The van der Waals surface area contributed by atoms with Gasteiger partial charge < -0.3 is 19.7 Å². The number of hydrogen-bond donors (Lipinski definition) is 2. The molecule has 7 heteroatoms. The summed E-state index contributed by atoms with van der Waals surface area (Å²) in [5.41, 5.74) is 0.0659. The molecule has 1 saturated heterocycles. The highest BCUT2D eigenvalue weighted by atomic mass is 16.5. The number of aryl methyl sites for hydroxylation is 1. The Balaban J connectivity index is 2.31. The lowest BCUT2D eigenvalue weighted by atomic mass is 10.2. The topological polar surface area (TPSA) is 99.7 Å². The lowest BCUT2D eigenvalue weighted by Gasteiger charge is -2.21. The molecule has 2 heterocycles. The van der Waals surface area contributed by atoms with E-state index >= 15 is 0 Å². The van der Waals surface area contributed by atoms with Crippen molar-refractivity contribution in [3.05, 3.63) is 33.7 Å². The first-order valence-corrected chi connectivity index (χ1v) is 6.21. The number of aromatic nitrogens is 1. The third-order valence-electron chi connectivity index (χ3n) is 3.30. The number of nitrogens with one attached hydrogen (secondary N) is 1. The number of carbonyl (C=O) groups is 2. The van der Waals surface area contributed by atoms with Crippen LogP contribution in [0.1, 0.15) is 22.5 Å². The van der Waals surface area contributed by atoms with Gasteiger partial charge in [-0.3, -0.25) is 9.59 Å². The van der Waals surface area contributed by atoms with Crippen molar-refractivity contribution >= 4 is 11.9 Å². The fourth-order valence-electron chi connectivity index (χ4n) is 2.29. The first-order valence-electron chi connectivity index (χ1n) is 6.21. The summed E-state index contributed by atoms with van der Waals surface area (Å²) in [6.07, 6.45) is -0.685. The molecule has 108 valence electrons. The van der Waals surface area contributed by atoms with Crippen molar-refractivity contribution in [3.8, 4) is 0 Å². The van der Waals surface area contributed by atoms with Crippen LogP contribution < -0.4 is 5.56 Å². The Kier molecular flexibility index (Phi) is 3.89. The number of aromatic amines is 1. The average molecular weight is 280 g/mol. The van der Waals surface area contributed by atoms with Gasteiger partial charge in [-0.2, -0.15) is 0 Å². The molecule has 1 amide bonds. The summed E-state index contributed by atoms with van der Waals surface area (Å²) in [5, 5.41) is 9.64. The van der Waals surface area contributed by atoms with Crippen molar-refractivity contribution < 1.29 is 19.4 Å². The predicted octanol–water partition coefficient (Wildman–Crippen LogP) is -0.568. The van der Waals surface area contributed by atoms with Crippen LogP contribution in [-0.4, -0.2) is 52.7 Å². The van der Waals surface area contributed by atoms with Crippen LogP contribution in [0.5, 0.6) is 0 Å². The smallest absolute Gasteiger partial charge is 0.328 e. The summed E-state index contributed by atoms with van der Waals surface area (Å²) in [5.74, 6) is -1.18. The van der Waals surface area contributed by atoms with Crippen LogP contribution in [0, 0.1) is 6.92 Å². The zero-order valence-corrected chi connectivity index (χ0v) is 11.3. The lowest BCUT2D eigenvalue weighted by Crippen LogP contribution is -2.43. The molecule has 0 aromatic carbocycles. The average Bonchev–Trinajstić information content (AvgIpc) is 2.79. The third-order valence-corrected chi connectivity index (χ3v) is 3.30. The molecule has 7 nitrogen and oxygen atoms in total. The number of esters is 1. The quantitative estimate of drug-likeness (QED) is 0.707. The highest BCUT2D eigenvalue weighted by Crippen LogP contribution is 2.20. The monoisotopic (exact) mass is 280 g/mol. The maximum absolute atomic E-state index is 12.3. The van der Waals surface area contributed by atoms with Crippen LogP contribution in [0.4, 0.5) is 0 Å². The summed E-state index contributed by atoms with van der Waals surface area (Å²) < 4.78 is 4.62. The molecule has 1 fully saturated rings. The molecule has 1 aromatic heterocycles. The van der Waals surface area contributed by atoms with Crippen molar-refractivity contribution in [3.63, 3.8) is 0 Å². The molecule has 20 heavy (non-hydrogen) atoms. The van der Waals surface area contributed by atoms with Crippen LogP contribution in [0.15, 0.2) is 16.9 Å². The highest BCUT2D eigenvalue weighted by Gasteiger charge is 2.40. The Morgan fingerprint density at radius 3 is 2.75 bits per heavy atom. The van der Waals surface area contributed by atoms with Gasteiger partial charge in [0.15, 0.2) is 0 Å². The number of H-pyrrole nitrogens is 1. The molecule has 2 rings (SSSR count). The van der Waals surface area contributed by atoms with Crippen LogP contribution in [0.3, 0.4) is 0 Å². The van der Waals surface area contributed by atoms with Crippen molar-refractivity contribution in [1.82, 2.24) is 9.88 Å². The second-order valence-corrected chi connectivity index (χ2v) is 4.77. The van der Waals surface area contributed by atoms with Crippen LogP contribution >= 0.6 is 0 Å². The number of methoxy groups -OCH3 is 1. The molecule has 0 spiro atoms. The minimum Gasteiger partial charge on any atom is -0.467 e. The van der Waals surface area contributed by atoms with Gasteiger partial charge in [-0.15, -0.1) is 0 Å². The van der Waals surface area contributed by atoms with E-state index in [1.807, 2.05) is 0 Å². The molecular formula is C13H16N2O5. The van der Waals surface area contributed by atoms with Gasteiger partial charge in [0.05, 0.1) is 13.2 Å². The number of amides is 1. The minimum absolute atomic E-state index is 0.00587. The lowest BCUT2D eigenvalue weighted by molar-refractivity contribution is -0.145. The fraction of sp³-hybridized carbons (Fsp3) is 0.462. The first kappa shape index (κ1) is 14.3. The maximum atomic E-state index is 12.3. The molecule has 1 aliphatic heterocycles. The Bertz CT molecular complexity index is 595. The number of aliphatic hydroxyl groups excluding tert-OH is 1. The molecule has 1 aliphatic rings. The summed E-state index contributed by atoms with van der Waals surface area (Å²) in [6.45, 7) is 1.71. The summed E-state index contributed by atoms with van der Waals surface area (Å²) >= 11 is 0. The maximum Gasteiger partial charge on any atom is 0.328 e. The van der Waals surface area contributed by atoms with Gasteiger partial charge in [0.25, 0.3) is 11.5 Å². The minimum atomic E-state index is -0.858. The van der Waals surface area contributed by atoms with Crippen LogP contribution in [0.25, 0.3) is 0 Å². The summed E-state index contributed by atoms with van der Waals surface area (Å²) in [7, 11) is 1.22. The highest BCUT2D eigenvalue weighted by molar-refractivity contribution is 5.97. The molecule has 2 N–H and O–H groups in total. The molecule has 1 aromatic rings. The summed E-state index contributed by atoms with van der Waals surface area (Å²) in [4.78, 5) is 39.5. The van der Waals surface area contributed by atoms with Crippen molar-refractivity contribution in [1.29, 1.82) is 0 Å². The van der Waals surface area contributed by atoms with E-state index in [9.17, 15) is 19.5 Å². The van der Waals surface area contributed by atoms with E-state index in [0.717, 1.165) is 0 Å². The number of ether oxygens (including phenoxy) is 1. The molecule has 0 radical (unpaired) electrons. The Morgan fingerprint density at radius 1 is 1.45 bits per heavy atom. The van der Waals surface area contributed by atoms with Crippen molar-refractivity contribution in [2.45, 2.75) is 25.5 Å². The Labute approximate surface area is 115 Å². The number of aliphatic hydroxyl groups is 1.